The Morgan fingerprint density at radius 3 is 2.52 bits per heavy atom. The predicted octanol–water partition coefficient (Wildman–Crippen LogP) is 5.58. The molecule has 0 radical (unpaired) electrons. The smallest absolute Gasteiger partial charge is 0.297 e. The summed E-state index contributed by atoms with van der Waals surface area (Å²) in [5.74, 6) is 1.20. The first-order valence-corrected chi connectivity index (χ1v) is 10.3. The molecule has 0 bridgehead atoms. The highest BCUT2D eigenvalue weighted by molar-refractivity contribution is 5.89. The monoisotopic (exact) mass is 402 g/mol. The van der Waals surface area contributed by atoms with Gasteiger partial charge in [0.25, 0.3) is 11.2 Å². The van der Waals surface area contributed by atoms with Crippen LogP contribution in [0.25, 0.3) is 10.9 Å². The molecule has 1 aromatic carbocycles. The van der Waals surface area contributed by atoms with Crippen molar-refractivity contribution < 1.29 is 14.4 Å². The first kappa shape index (κ1) is 22.5. The minimum atomic E-state index is -0.466. The van der Waals surface area contributed by atoms with E-state index in [9.17, 15) is 14.9 Å². The van der Waals surface area contributed by atoms with Gasteiger partial charge in [0.15, 0.2) is 5.75 Å². The van der Waals surface area contributed by atoms with Crippen LogP contribution >= 0.6 is 0 Å². The lowest BCUT2D eigenvalue weighted by molar-refractivity contribution is -0.384. The molecule has 0 aliphatic heterocycles. The standard InChI is InChI=1S/C22H30N2O5/c1-5-9-10-11-14-28-21-20(29-17(6-2)7-3)18-13-12-16(24(26)27)15-19(18)23(8-4)22(21)25/h6,12-13,15H,5,7-11,14H2,1-4H3. The number of nitro benzene ring substituents is 1. The van der Waals surface area contributed by atoms with Crippen LogP contribution in [0.3, 0.4) is 0 Å². The van der Waals surface area contributed by atoms with Crippen molar-refractivity contribution >= 4 is 16.6 Å². The van der Waals surface area contributed by atoms with Gasteiger partial charge in [0.2, 0.25) is 5.75 Å². The molecule has 1 aromatic heterocycles. The fraction of sp³-hybridized carbons (Fsp3) is 0.500. The van der Waals surface area contributed by atoms with E-state index in [0.717, 1.165) is 25.7 Å². The molecule has 1 heterocycles. The number of non-ortho nitro benzene ring substituents is 1. The Bertz CT molecular complexity index is 946. The highest BCUT2D eigenvalue weighted by Gasteiger charge is 2.22. The third-order valence-corrected chi connectivity index (χ3v) is 4.84. The highest BCUT2D eigenvalue weighted by atomic mass is 16.6. The molecule has 0 saturated carbocycles. The second-order valence-corrected chi connectivity index (χ2v) is 6.79. The molecular formula is C22H30N2O5. The molecule has 2 rings (SSSR count). The average Bonchev–Trinajstić information content (AvgIpc) is 2.72. The molecule has 2 aromatic rings. The minimum absolute atomic E-state index is 0.0694. The number of pyridine rings is 1. The van der Waals surface area contributed by atoms with Crippen LogP contribution < -0.4 is 15.0 Å². The molecule has 0 N–H and O–H groups in total. The maximum absolute atomic E-state index is 13.2. The molecule has 0 saturated heterocycles. The summed E-state index contributed by atoms with van der Waals surface area (Å²) < 4.78 is 13.5. The number of rotatable bonds is 11. The summed E-state index contributed by atoms with van der Waals surface area (Å²) in [6.45, 7) is 8.58. The summed E-state index contributed by atoms with van der Waals surface area (Å²) in [7, 11) is 0. The molecule has 0 amide bonds. The van der Waals surface area contributed by atoms with Crippen molar-refractivity contribution in [1.82, 2.24) is 4.57 Å². The first-order valence-electron chi connectivity index (χ1n) is 10.3. The van der Waals surface area contributed by atoms with E-state index < -0.39 is 4.92 Å². The van der Waals surface area contributed by atoms with E-state index in [0.29, 0.717) is 42.0 Å². The van der Waals surface area contributed by atoms with Crippen molar-refractivity contribution in [2.24, 2.45) is 0 Å². The molecule has 0 spiro atoms. The van der Waals surface area contributed by atoms with Crippen LogP contribution in [-0.4, -0.2) is 16.1 Å². The quantitative estimate of drug-likeness (QED) is 0.212. The fourth-order valence-corrected chi connectivity index (χ4v) is 3.21. The Kier molecular flexibility index (Phi) is 8.24. The zero-order valence-corrected chi connectivity index (χ0v) is 17.7. The van der Waals surface area contributed by atoms with E-state index in [1.807, 2.05) is 26.8 Å². The van der Waals surface area contributed by atoms with Crippen LogP contribution in [-0.2, 0) is 6.54 Å². The van der Waals surface area contributed by atoms with E-state index >= 15 is 0 Å². The summed E-state index contributed by atoms with van der Waals surface area (Å²) in [4.78, 5) is 23.9. The molecular weight excluding hydrogens is 372 g/mol. The number of aryl methyl sites for hydroxylation is 1. The van der Waals surface area contributed by atoms with Gasteiger partial charge in [-0.25, -0.2) is 0 Å². The average molecular weight is 402 g/mol. The second-order valence-electron chi connectivity index (χ2n) is 6.79. The molecule has 0 aliphatic carbocycles. The number of fused-ring (bicyclic) bond motifs is 1. The number of ether oxygens (including phenoxy) is 2. The van der Waals surface area contributed by atoms with Gasteiger partial charge in [0.1, 0.15) is 0 Å². The lowest BCUT2D eigenvalue weighted by Crippen LogP contribution is -2.23. The lowest BCUT2D eigenvalue weighted by Gasteiger charge is -2.18. The van der Waals surface area contributed by atoms with Gasteiger partial charge in [-0.05, 0) is 32.4 Å². The summed E-state index contributed by atoms with van der Waals surface area (Å²) in [6, 6.07) is 4.46. The van der Waals surface area contributed by atoms with Crippen molar-refractivity contribution in [3.05, 3.63) is 50.5 Å². The molecule has 158 valence electrons. The maximum atomic E-state index is 13.2. The van der Waals surface area contributed by atoms with E-state index in [1.165, 1.54) is 16.7 Å². The van der Waals surface area contributed by atoms with Gasteiger partial charge in [0.05, 0.1) is 22.8 Å². The van der Waals surface area contributed by atoms with Gasteiger partial charge in [0, 0.05) is 30.5 Å². The molecule has 7 heteroatoms. The van der Waals surface area contributed by atoms with Crippen LogP contribution in [0.1, 0.15) is 59.8 Å². The van der Waals surface area contributed by atoms with Gasteiger partial charge in [-0.2, -0.15) is 0 Å². The zero-order valence-electron chi connectivity index (χ0n) is 17.7. The Labute approximate surface area is 171 Å². The number of aromatic nitrogens is 1. The SMILES string of the molecule is CC=C(CC)Oc1c(OCCCCCC)c(=O)n(CC)c2cc([N+](=O)[O-])ccc12. The van der Waals surface area contributed by atoms with Crippen molar-refractivity contribution in [2.75, 3.05) is 6.61 Å². The van der Waals surface area contributed by atoms with Crippen LogP contribution in [0.15, 0.2) is 34.8 Å². The molecule has 7 nitrogen and oxygen atoms in total. The number of benzene rings is 1. The van der Waals surface area contributed by atoms with E-state index in [2.05, 4.69) is 6.92 Å². The molecule has 0 aliphatic rings. The zero-order chi connectivity index (χ0) is 21.4. The normalized spacial score (nSPS) is 11.7. The molecule has 29 heavy (non-hydrogen) atoms. The van der Waals surface area contributed by atoms with Crippen molar-refractivity contribution in [3.63, 3.8) is 0 Å². The fourth-order valence-electron chi connectivity index (χ4n) is 3.21. The second kappa shape index (κ2) is 10.6. The van der Waals surface area contributed by atoms with Crippen molar-refractivity contribution in [1.29, 1.82) is 0 Å². The summed E-state index contributed by atoms with van der Waals surface area (Å²) in [5, 5.41) is 11.9. The lowest BCUT2D eigenvalue weighted by atomic mass is 10.1. The van der Waals surface area contributed by atoms with Gasteiger partial charge >= 0.3 is 0 Å². The Balaban J connectivity index is 2.64. The number of nitro groups is 1. The van der Waals surface area contributed by atoms with E-state index in [1.54, 1.807) is 6.07 Å². The van der Waals surface area contributed by atoms with Crippen molar-refractivity contribution in [2.45, 2.75) is 66.3 Å². The first-order chi connectivity index (χ1) is 14.0. The van der Waals surface area contributed by atoms with Crippen molar-refractivity contribution in [3.8, 4) is 11.5 Å². The van der Waals surface area contributed by atoms with Crippen LogP contribution in [0.4, 0.5) is 5.69 Å². The molecule has 0 atom stereocenters. The summed E-state index contributed by atoms with van der Waals surface area (Å²) in [5.41, 5.74) is 0.0594. The van der Waals surface area contributed by atoms with Crippen LogP contribution in [0.5, 0.6) is 11.5 Å². The summed E-state index contributed by atoms with van der Waals surface area (Å²) in [6.07, 6.45) is 6.61. The predicted molar refractivity (Wildman–Crippen MR) is 115 cm³/mol. The van der Waals surface area contributed by atoms with Gasteiger partial charge in [-0.3, -0.25) is 14.9 Å². The number of nitrogens with zero attached hydrogens (tertiary/aromatic N) is 2. The largest absolute Gasteiger partial charge is 0.485 e. The Morgan fingerprint density at radius 2 is 1.93 bits per heavy atom. The van der Waals surface area contributed by atoms with Crippen LogP contribution in [0.2, 0.25) is 0 Å². The Morgan fingerprint density at radius 1 is 1.17 bits per heavy atom. The van der Waals surface area contributed by atoms with Gasteiger partial charge in [-0.15, -0.1) is 0 Å². The number of hydrogen-bond donors (Lipinski definition) is 0. The molecule has 0 unspecified atom stereocenters. The van der Waals surface area contributed by atoms with E-state index in [4.69, 9.17) is 9.47 Å². The third kappa shape index (κ3) is 5.16. The van der Waals surface area contributed by atoms with Gasteiger partial charge in [-0.1, -0.05) is 33.1 Å². The van der Waals surface area contributed by atoms with Gasteiger partial charge < -0.3 is 14.0 Å². The van der Waals surface area contributed by atoms with E-state index in [-0.39, 0.29) is 17.0 Å². The Hall–Kier alpha value is -2.83. The number of unbranched alkanes of at least 4 members (excludes halogenated alkanes) is 3. The molecule has 0 fully saturated rings. The number of hydrogen-bond acceptors (Lipinski definition) is 5. The maximum Gasteiger partial charge on any atom is 0.297 e. The summed E-state index contributed by atoms with van der Waals surface area (Å²) >= 11 is 0. The number of allylic oxidation sites excluding steroid dienone is 2. The highest BCUT2D eigenvalue weighted by Crippen LogP contribution is 2.36. The van der Waals surface area contributed by atoms with Crippen LogP contribution in [0, 0.1) is 10.1 Å². The minimum Gasteiger partial charge on any atom is -0.485 e. The third-order valence-electron chi connectivity index (χ3n) is 4.84. The topological polar surface area (TPSA) is 83.6 Å².